The van der Waals surface area contributed by atoms with Gasteiger partial charge in [-0.15, -0.1) is 0 Å². The van der Waals surface area contributed by atoms with E-state index in [0.717, 1.165) is 31.9 Å². The second-order valence-corrected chi connectivity index (χ2v) is 5.82. The molecule has 108 valence electrons. The van der Waals surface area contributed by atoms with Gasteiger partial charge in [0.1, 0.15) is 0 Å². The molecule has 1 saturated heterocycles. The normalized spacial score (nSPS) is 22.3. The molecule has 0 bridgehead atoms. The van der Waals surface area contributed by atoms with Crippen molar-refractivity contribution < 1.29 is 4.52 Å². The number of rotatable bonds is 5. The highest BCUT2D eigenvalue weighted by atomic mass is 16.5. The first kappa shape index (κ1) is 14.4. The number of likely N-dealkylation sites (N-methyl/N-ethyl adjacent to an activating group) is 1. The standard InChI is InChI=1S/C13H25N5O/c1-10(2)6-12-15-13(19-16-12)9-18-5-4-17(3)8-11(18)7-14/h10-11H,4-9,14H2,1-3H3. The Morgan fingerprint density at radius 2 is 2.21 bits per heavy atom. The van der Waals surface area contributed by atoms with E-state index in [1.807, 2.05) is 0 Å². The van der Waals surface area contributed by atoms with Gasteiger partial charge in [-0.3, -0.25) is 4.90 Å². The van der Waals surface area contributed by atoms with Crippen molar-refractivity contribution in [1.82, 2.24) is 19.9 Å². The van der Waals surface area contributed by atoms with E-state index in [1.165, 1.54) is 0 Å². The molecule has 1 aromatic heterocycles. The monoisotopic (exact) mass is 267 g/mol. The van der Waals surface area contributed by atoms with Crippen LogP contribution in [0.4, 0.5) is 0 Å². The molecule has 1 aliphatic rings. The van der Waals surface area contributed by atoms with Crippen LogP contribution in [0.2, 0.25) is 0 Å². The molecule has 19 heavy (non-hydrogen) atoms. The maximum atomic E-state index is 5.85. The van der Waals surface area contributed by atoms with Crippen molar-refractivity contribution in [3.05, 3.63) is 11.7 Å². The summed E-state index contributed by atoms with van der Waals surface area (Å²) in [6.45, 7) is 8.74. The maximum absolute atomic E-state index is 5.85. The van der Waals surface area contributed by atoms with E-state index in [9.17, 15) is 0 Å². The predicted octanol–water partition coefficient (Wildman–Crippen LogP) is 0.343. The van der Waals surface area contributed by atoms with E-state index >= 15 is 0 Å². The summed E-state index contributed by atoms with van der Waals surface area (Å²) >= 11 is 0. The molecule has 1 unspecified atom stereocenters. The molecule has 6 nitrogen and oxygen atoms in total. The quantitative estimate of drug-likeness (QED) is 0.829. The van der Waals surface area contributed by atoms with Gasteiger partial charge in [-0.1, -0.05) is 19.0 Å². The van der Waals surface area contributed by atoms with E-state index in [1.54, 1.807) is 0 Å². The number of hydrogen-bond acceptors (Lipinski definition) is 6. The van der Waals surface area contributed by atoms with Gasteiger partial charge in [0.05, 0.1) is 6.54 Å². The van der Waals surface area contributed by atoms with Crippen LogP contribution < -0.4 is 5.73 Å². The first-order chi connectivity index (χ1) is 9.08. The molecule has 2 N–H and O–H groups in total. The van der Waals surface area contributed by atoms with Gasteiger partial charge < -0.3 is 15.2 Å². The molecule has 1 aromatic rings. The Hall–Kier alpha value is -0.980. The molecule has 1 fully saturated rings. The van der Waals surface area contributed by atoms with Gasteiger partial charge >= 0.3 is 0 Å². The van der Waals surface area contributed by atoms with Gasteiger partial charge in [0.2, 0.25) is 5.89 Å². The van der Waals surface area contributed by atoms with Gasteiger partial charge in [-0.25, -0.2) is 0 Å². The lowest BCUT2D eigenvalue weighted by Crippen LogP contribution is -2.54. The van der Waals surface area contributed by atoms with Crippen molar-refractivity contribution in [3.63, 3.8) is 0 Å². The van der Waals surface area contributed by atoms with E-state index < -0.39 is 0 Å². The fraction of sp³-hybridized carbons (Fsp3) is 0.846. The van der Waals surface area contributed by atoms with Gasteiger partial charge in [-0.2, -0.15) is 4.98 Å². The maximum Gasteiger partial charge on any atom is 0.240 e. The summed E-state index contributed by atoms with van der Waals surface area (Å²) in [7, 11) is 2.13. The van der Waals surface area contributed by atoms with Crippen molar-refractivity contribution in [2.75, 3.05) is 33.2 Å². The topological polar surface area (TPSA) is 71.4 Å². The minimum atomic E-state index is 0.374. The third-order valence-electron chi connectivity index (χ3n) is 3.52. The van der Waals surface area contributed by atoms with Gasteiger partial charge in [0, 0.05) is 38.6 Å². The molecule has 0 spiro atoms. The Labute approximate surface area is 114 Å². The molecule has 0 amide bonds. The van der Waals surface area contributed by atoms with Crippen LogP contribution in [0.5, 0.6) is 0 Å². The number of nitrogens with two attached hydrogens (primary N) is 1. The van der Waals surface area contributed by atoms with Crippen molar-refractivity contribution in [2.45, 2.75) is 32.9 Å². The average molecular weight is 267 g/mol. The van der Waals surface area contributed by atoms with Gasteiger partial charge in [0.25, 0.3) is 0 Å². The van der Waals surface area contributed by atoms with Crippen LogP contribution in [0.3, 0.4) is 0 Å². The third kappa shape index (κ3) is 3.99. The second kappa shape index (κ2) is 6.45. The lowest BCUT2D eigenvalue weighted by atomic mass is 10.1. The minimum Gasteiger partial charge on any atom is -0.338 e. The van der Waals surface area contributed by atoms with Crippen LogP contribution in [0, 0.1) is 5.92 Å². The molecule has 1 atom stereocenters. The van der Waals surface area contributed by atoms with Crippen molar-refractivity contribution >= 4 is 0 Å². The lowest BCUT2D eigenvalue weighted by molar-refractivity contribution is 0.0784. The largest absolute Gasteiger partial charge is 0.338 e. The Morgan fingerprint density at radius 3 is 2.89 bits per heavy atom. The fourth-order valence-electron chi connectivity index (χ4n) is 2.46. The highest BCUT2D eigenvalue weighted by Crippen LogP contribution is 2.12. The molecular formula is C13H25N5O. The SMILES string of the molecule is CC(C)Cc1noc(CN2CCN(C)CC2CN)n1. The Balaban J connectivity index is 1.94. The fourth-order valence-corrected chi connectivity index (χ4v) is 2.46. The number of piperazine rings is 1. The molecule has 2 heterocycles. The van der Waals surface area contributed by atoms with Gasteiger partial charge in [0.15, 0.2) is 5.82 Å². The zero-order valence-corrected chi connectivity index (χ0v) is 12.2. The smallest absolute Gasteiger partial charge is 0.240 e. The zero-order valence-electron chi connectivity index (χ0n) is 12.2. The molecule has 6 heteroatoms. The van der Waals surface area contributed by atoms with E-state index in [-0.39, 0.29) is 0 Å². The van der Waals surface area contributed by atoms with E-state index in [0.29, 0.717) is 30.9 Å². The van der Waals surface area contributed by atoms with Crippen LogP contribution >= 0.6 is 0 Å². The number of aromatic nitrogens is 2. The van der Waals surface area contributed by atoms with E-state index in [4.69, 9.17) is 10.3 Å². The first-order valence-electron chi connectivity index (χ1n) is 7.02. The van der Waals surface area contributed by atoms with Crippen LogP contribution in [0.25, 0.3) is 0 Å². The molecule has 0 saturated carbocycles. The van der Waals surface area contributed by atoms with Crippen molar-refractivity contribution in [2.24, 2.45) is 11.7 Å². The Kier molecular flexibility index (Phi) is 4.90. The summed E-state index contributed by atoms with van der Waals surface area (Å²) in [5.74, 6) is 2.06. The molecule has 0 radical (unpaired) electrons. The van der Waals surface area contributed by atoms with Crippen LogP contribution in [-0.4, -0.2) is 59.2 Å². The Bertz CT molecular complexity index is 392. The summed E-state index contributed by atoms with van der Waals surface area (Å²) in [6.07, 6.45) is 0.868. The number of nitrogens with zero attached hydrogens (tertiary/aromatic N) is 4. The average Bonchev–Trinajstić information content (AvgIpc) is 2.78. The lowest BCUT2D eigenvalue weighted by Gasteiger charge is -2.38. The van der Waals surface area contributed by atoms with Crippen molar-refractivity contribution in [3.8, 4) is 0 Å². The predicted molar refractivity (Wildman–Crippen MR) is 73.6 cm³/mol. The molecule has 1 aliphatic heterocycles. The second-order valence-electron chi connectivity index (χ2n) is 5.82. The summed E-state index contributed by atoms with van der Waals surface area (Å²) in [5.41, 5.74) is 5.85. The molecule has 2 rings (SSSR count). The van der Waals surface area contributed by atoms with Crippen LogP contribution in [0.15, 0.2) is 4.52 Å². The van der Waals surface area contributed by atoms with Crippen LogP contribution in [-0.2, 0) is 13.0 Å². The minimum absolute atomic E-state index is 0.374. The van der Waals surface area contributed by atoms with Gasteiger partial charge in [-0.05, 0) is 13.0 Å². The Morgan fingerprint density at radius 1 is 1.42 bits per heavy atom. The molecule has 0 aliphatic carbocycles. The van der Waals surface area contributed by atoms with E-state index in [2.05, 4.69) is 40.8 Å². The molecule has 0 aromatic carbocycles. The summed E-state index contributed by atoms with van der Waals surface area (Å²) in [5, 5.41) is 4.03. The molecular weight excluding hydrogens is 242 g/mol. The summed E-state index contributed by atoms with van der Waals surface area (Å²) in [6, 6.07) is 0.374. The summed E-state index contributed by atoms with van der Waals surface area (Å²) in [4.78, 5) is 9.11. The highest BCUT2D eigenvalue weighted by Gasteiger charge is 2.25. The zero-order chi connectivity index (χ0) is 13.8. The van der Waals surface area contributed by atoms with Crippen LogP contribution in [0.1, 0.15) is 25.6 Å². The third-order valence-corrected chi connectivity index (χ3v) is 3.52. The summed E-state index contributed by atoms with van der Waals surface area (Å²) < 4.78 is 5.33. The highest BCUT2D eigenvalue weighted by molar-refractivity contribution is 4.90. The number of hydrogen-bond donors (Lipinski definition) is 1. The van der Waals surface area contributed by atoms with Crippen molar-refractivity contribution in [1.29, 1.82) is 0 Å². The first-order valence-corrected chi connectivity index (χ1v) is 7.02.